The van der Waals surface area contributed by atoms with Gasteiger partial charge in [-0.2, -0.15) is 0 Å². The maximum atomic E-state index is 12.2. The zero-order valence-corrected chi connectivity index (χ0v) is 11.1. The molecular weight excluding hydrogens is 240 g/mol. The quantitative estimate of drug-likeness (QED) is 0.766. The molecule has 1 fully saturated rings. The average molecular weight is 260 g/mol. The van der Waals surface area contributed by atoms with Crippen LogP contribution in [0.2, 0.25) is 0 Å². The largest absolute Gasteiger partial charge is 0.396 e. The number of nitrogens with one attached hydrogen (secondary N) is 2. The maximum absolute atomic E-state index is 12.2. The number of amides is 1. The Balaban J connectivity index is 1.58. The third-order valence-corrected chi connectivity index (χ3v) is 4.26. The van der Waals surface area contributed by atoms with E-state index in [0.717, 1.165) is 24.9 Å². The molecule has 3 rings (SSSR count). The summed E-state index contributed by atoms with van der Waals surface area (Å²) in [6.07, 6.45) is 2.57. The van der Waals surface area contributed by atoms with Crippen molar-refractivity contribution in [2.75, 3.05) is 11.9 Å². The molecule has 4 nitrogen and oxygen atoms in total. The number of rotatable bonds is 3. The van der Waals surface area contributed by atoms with Crippen LogP contribution >= 0.6 is 0 Å². The van der Waals surface area contributed by atoms with Crippen LogP contribution in [0.4, 0.5) is 5.69 Å². The van der Waals surface area contributed by atoms with E-state index in [9.17, 15) is 4.79 Å². The van der Waals surface area contributed by atoms with Crippen molar-refractivity contribution in [3.63, 3.8) is 0 Å². The first kappa shape index (κ1) is 12.5. The fourth-order valence-corrected chi connectivity index (χ4v) is 3.01. The van der Waals surface area contributed by atoms with Gasteiger partial charge in [-0.05, 0) is 36.8 Å². The van der Waals surface area contributed by atoms with Crippen molar-refractivity contribution in [2.24, 2.45) is 5.92 Å². The zero-order valence-electron chi connectivity index (χ0n) is 11.1. The molecule has 3 N–H and O–H groups in total. The molecule has 0 saturated heterocycles. The van der Waals surface area contributed by atoms with Crippen molar-refractivity contribution in [1.82, 2.24) is 5.32 Å². The number of aliphatic hydroxyl groups is 1. The number of aryl methyl sites for hydroxylation is 1. The molecule has 102 valence electrons. The van der Waals surface area contributed by atoms with Gasteiger partial charge in [-0.1, -0.05) is 18.2 Å². The molecule has 1 atom stereocenters. The summed E-state index contributed by atoms with van der Waals surface area (Å²) in [5.41, 5.74) is 3.53. The van der Waals surface area contributed by atoms with E-state index in [1.54, 1.807) is 0 Å². The predicted octanol–water partition coefficient (Wildman–Crippen LogP) is 1.22. The number of anilines is 1. The molecule has 1 aliphatic carbocycles. The number of hydrogen-bond donors (Lipinski definition) is 3. The minimum atomic E-state index is -0.149. The van der Waals surface area contributed by atoms with Gasteiger partial charge < -0.3 is 15.7 Å². The highest BCUT2D eigenvalue weighted by molar-refractivity contribution is 5.88. The van der Waals surface area contributed by atoms with Crippen LogP contribution in [0.15, 0.2) is 18.2 Å². The summed E-state index contributed by atoms with van der Waals surface area (Å²) in [7, 11) is 0. The number of carbonyl (C=O) groups is 1. The van der Waals surface area contributed by atoms with Crippen molar-refractivity contribution in [3.8, 4) is 0 Å². The third kappa shape index (κ3) is 2.32. The molecule has 1 saturated carbocycles. The summed E-state index contributed by atoms with van der Waals surface area (Å²) >= 11 is 0. The van der Waals surface area contributed by atoms with Gasteiger partial charge in [-0.3, -0.25) is 4.79 Å². The van der Waals surface area contributed by atoms with Crippen LogP contribution in [0.5, 0.6) is 0 Å². The summed E-state index contributed by atoms with van der Waals surface area (Å²) < 4.78 is 0. The van der Waals surface area contributed by atoms with Gasteiger partial charge in [-0.15, -0.1) is 0 Å². The van der Waals surface area contributed by atoms with E-state index in [0.29, 0.717) is 5.92 Å². The molecule has 0 bridgehead atoms. The van der Waals surface area contributed by atoms with Gasteiger partial charge in [0.05, 0.1) is 0 Å². The minimum absolute atomic E-state index is 0.0805. The second-order valence-corrected chi connectivity index (χ2v) is 5.74. The first-order chi connectivity index (χ1) is 9.17. The van der Waals surface area contributed by atoms with Crippen molar-refractivity contribution in [1.29, 1.82) is 0 Å². The lowest BCUT2D eigenvalue weighted by Gasteiger charge is -2.35. The van der Waals surface area contributed by atoms with E-state index in [1.165, 1.54) is 11.1 Å². The highest BCUT2D eigenvalue weighted by Crippen LogP contribution is 2.30. The second-order valence-electron chi connectivity index (χ2n) is 5.74. The Morgan fingerprint density at radius 1 is 1.47 bits per heavy atom. The summed E-state index contributed by atoms with van der Waals surface area (Å²) in [6.45, 7) is 2.29. The van der Waals surface area contributed by atoms with Crippen LogP contribution < -0.4 is 10.6 Å². The predicted molar refractivity (Wildman–Crippen MR) is 74.0 cm³/mol. The fraction of sp³-hybridized carbons (Fsp3) is 0.533. The topological polar surface area (TPSA) is 61.4 Å². The molecular formula is C15H20N2O2. The van der Waals surface area contributed by atoms with E-state index < -0.39 is 0 Å². The molecule has 1 aromatic rings. The van der Waals surface area contributed by atoms with E-state index in [1.807, 2.05) is 6.07 Å². The lowest BCUT2D eigenvalue weighted by atomic mass is 9.81. The highest BCUT2D eigenvalue weighted by Gasteiger charge is 2.33. The van der Waals surface area contributed by atoms with Crippen LogP contribution in [0.25, 0.3) is 0 Å². The van der Waals surface area contributed by atoms with Gasteiger partial charge in [0.2, 0.25) is 5.91 Å². The van der Waals surface area contributed by atoms with Crippen LogP contribution in [0, 0.1) is 12.8 Å². The lowest BCUT2D eigenvalue weighted by molar-refractivity contribution is -0.123. The zero-order chi connectivity index (χ0) is 13.4. The van der Waals surface area contributed by atoms with Gasteiger partial charge in [0.1, 0.15) is 6.04 Å². The number of benzene rings is 1. The number of fused-ring (bicyclic) bond motifs is 1. The van der Waals surface area contributed by atoms with Crippen molar-refractivity contribution < 1.29 is 9.90 Å². The molecule has 4 heteroatoms. The number of carbonyl (C=O) groups excluding carboxylic acids is 1. The second kappa shape index (κ2) is 4.85. The summed E-state index contributed by atoms with van der Waals surface area (Å²) in [6, 6.07) is 6.27. The Morgan fingerprint density at radius 2 is 2.26 bits per heavy atom. The summed E-state index contributed by atoms with van der Waals surface area (Å²) in [4.78, 5) is 12.2. The monoisotopic (exact) mass is 260 g/mol. The molecule has 0 spiro atoms. The van der Waals surface area contributed by atoms with Crippen LogP contribution in [-0.2, 0) is 11.2 Å². The molecule has 19 heavy (non-hydrogen) atoms. The molecule has 1 unspecified atom stereocenters. The molecule has 0 radical (unpaired) electrons. The van der Waals surface area contributed by atoms with E-state index in [-0.39, 0.29) is 24.6 Å². The van der Waals surface area contributed by atoms with Crippen LogP contribution in [0.3, 0.4) is 0 Å². The molecule has 1 aliphatic heterocycles. The first-order valence-electron chi connectivity index (χ1n) is 6.93. The number of hydrogen-bond acceptors (Lipinski definition) is 3. The van der Waals surface area contributed by atoms with E-state index in [2.05, 4.69) is 29.7 Å². The summed E-state index contributed by atoms with van der Waals surface area (Å²) in [5.74, 6) is 0.457. The first-order valence-corrected chi connectivity index (χ1v) is 6.93. The summed E-state index contributed by atoms with van der Waals surface area (Å²) in [5, 5.41) is 15.4. The number of aliphatic hydroxyl groups excluding tert-OH is 1. The highest BCUT2D eigenvalue weighted by atomic mass is 16.3. The van der Waals surface area contributed by atoms with E-state index in [4.69, 9.17) is 5.11 Å². The number of para-hydroxylation sites is 1. The fourth-order valence-electron chi connectivity index (χ4n) is 3.01. The molecule has 0 aromatic heterocycles. The van der Waals surface area contributed by atoms with E-state index >= 15 is 0 Å². The Labute approximate surface area is 113 Å². The smallest absolute Gasteiger partial charge is 0.243 e. The molecule has 1 amide bonds. The minimum Gasteiger partial charge on any atom is -0.396 e. The van der Waals surface area contributed by atoms with Crippen molar-refractivity contribution in [2.45, 2.75) is 38.3 Å². The van der Waals surface area contributed by atoms with Gasteiger partial charge >= 0.3 is 0 Å². The standard InChI is InChI=1S/C15H20N2O2/c1-9-3-2-4-11-7-13(17-14(9)11)15(19)16-12-5-10(6-12)8-18/h2-4,10,12-13,17-18H,5-8H2,1H3,(H,16,19). The maximum Gasteiger partial charge on any atom is 0.243 e. The Morgan fingerprint density at radius 3 is 2.95 bits per heavy atom. The van der Waals surface area contributed by atoms with Gasteiger partial charge in [-0.25, -0.2) is 0 Å². The average Bonchev–Trinajstić information content (AvgIpc) is 2.78. The molecule has 2 aliphatic rings. The SMILES string of the molecule is Cc1cccc2c1NC(C(=O)NC1CC(CO)C1)C2. The van der Waals surface area contributed by atoms with Crippen molar-refractivity contribution in [3.05, 3.63) is 29.3 Å². The van der Waals surface area contributed by atoms with Gasteiger partial charge in [0.25, 0.3) is 0 Å². The van der Waals surface area contributed by atoms with Crippen LogP contribution in [0.1, 0.15) is 24.0 Å². The Bertz CT molecular complexity index is 495. The molecule has 1 aromatic carbocycles. The lowest BCUT2D eigenvalue weighted by Crippen LogP contribution is -2.50. The normalized spacial score (nSPS) is 28.2. The Hall–Kier alpha value is -1.55. The molecule has 1 heterocycles. The van der Waals surface area contributed by atoms with Crippen molar-refractivity contribution >= 4 is 11.6 Å². The van der Waals surface area contributed by atoms with Crippen LogP contribution in [-0.4, -0.2) is 29.7 Å². The Kier molecular flexibility index (Phi) is 3.19. The van der Waals surface area contributed by atoms with Gasteiger partial charge in [0, 0.05) is 24.8 Å². The third-order valence-electron chi connectivity index (χ3n) is 4.26. The van der Waals surface area contributed by atoms with Gasteiger partial charge in [0.15, 0.2) is 0 Å².